The second kappa shape index (κ2) is 6.22. The van der Waals surface area contributed by atoms with Gasteiger partial charge in [0.2, 0.25) is 0 Å². The molecule has 4 rings (SSSR count). The molecule has 0 atom stereocenters. The van der Waals surface area contributed by atoms with Gasteiger partial charge in [-0.05, 0) is 32.6 Å². The molecule has 126 valence electrons. The molecule has 2 aromatic rings. The van der Waals surface area contributed by atoms with Crippen molar-refractivity contribution in [3.05, 3.63) is 35.1 Å². The number of nitrogens with one attached hydrogen (secondary N) is 1. The van der Waals surface area contributed by atoms with Crippen molar-refractivity contribution in [3.63, 3.8) is 0 Å². The van der Waals surface area contributed by atoms with Crippen LogP contribution in [0, 0.1) is 6.92 Å². The highest BCUT2D eigenvalue weighted by Gasteiger charge is 2.25. The van der Waals surface area contributed by atoms with E-state index in [1.54, 1.807) is 19.3 Å². The number of hydrogen-bond acceptors (Lipinski definition) is 6. The van der Waals surface area contributed by atoms with Crippen LogP contribution in [0.25, 0.3) is 0 Å². The maximum Gasteiger partial charge on any atom is 0.276 e. The topological polar surface area (TPSA) is 84.2 Å². The van der Waals surface area contributed by atoms with Crippen LogP contribution in [-0.4, -0.2) is 45.1 Å². The number of aromatic nitrogens is 3. The minimum atomic E-state index is -0.0823. The first-order chi connectivity index (χ1) is 11.7. The molecule has 3 heterocycles. The maximum atomic E-state index is 12.6. The van der Waals surface area contributed by atoms with Crippen molar-refractivity contribution in [3.8, 4) is 0 Å². The van der Waals surface area contributed by atoms with Crippen LogP contribution in [-0.2, 0) is 12.8 Å². The summed E-state index contributed by atoms with van der Waals surface area (Å²) in [4.78, 5) is 23.3. The lowest BCUT2D eigenvalue weighted by Crippen LogP contribution is -2.33. The molecule has 2 aliphatic rings. The van der Waals surface area contributed by atoms with Crippen molar-refractivity contribution in [2.45, 2.75) is 45.1 Å². The second-order valence-electron chi connectivity index (χ2n) is 6.53. The van der Waals surface area contributed by atoms with Gasteiger partial charge in [0.15, 0.2) is 5.69 Å². The Labute approximate surface area is 140 Å². The minimum Gasteiger partial charge on any atom is -0.367 e. The van der Waals surface area contributed by atoms with Crippen molar-refractivity contribution in [1.29, 1.82) is 0 Å². The molecule has 0 saturated heterocycles. The third kappa shape index (κ3) is 2.86. The van der Waals surface area contributed by atoms with Crippen LogP contribution in [0.3, 0.4) is 0 Å². The van der Waals surface area contributed by atoms with Gasteiger partial charge in [0.25, 0.3) is 5.91 Å². The molecule has 1 N–H and O–H groups in total. The van der Waals surface area contributed by atoms with Gasteiger partial charge in [-0.1, -0.05) is 5.16 Å². The summed E-state index contributed by atoms with van der Waals surface area (Å²) in [6, 6.07) is 2.21. The Morgan fingerprint density at radius 3 is 2.83 bits per heavy atom. The van der Waals surface area contributed by atoms with Gasteiger partial charge in [-0.15, -0.1) is 0 Å². The zero-order chi connectivity index (χ0) is 16.5. The van der Waals surface area contributed by atoms with E-state index in [4.69, 9.17) is 4.52 Å². The lowest BCUT2D eigenvalue weighted by molar-refractivity contribution is 0.0752. The molecule has 24 heavy (non-hydrogen) atoms. The number of nitrogens with zero attached hydrogens (tertiary/aromatic N) is 4. The highest BCUT2D eigenvalue weighted by atomic mass is 16.5. The number of rotatable bonds is 3. The van der Waals surface area contributed by atoms with E-state index in [9.17, 15) is 4.79 Å². The zero-order valence-electron chi connectivity index (χ0n) is 13.8. The molecule has 7 heteroatoms. The molecule has 0 unspecified atom stereocenters. The Morgan fingerprint density at radius 1 is 1.29 bits per heavy atom. The van der Waals surface area contributed by atoms with E-state index in [0.717, 1.165) is 29.9 Å². The molecule has 1 fully saturated rings. The number of fused-ring (bicyclic) bond motifs is 1. The van der Waals surface area contributed by atoms with Gasteiger partial charge in [0, 0.05) is 37.2 Å². The van der Waals surface area contributed by atoms with Crippen molar-refractivity contribution in [2.75, 3.05) is 18.4 Å². The SMILES string of the molecule is Cc1cc(C(=O)N2CCc3ncnc(NC4CCC4)c3CC2)no1. The normalized spacial score (nSPS) is 17.8. The predicted molar refractivity (Wildman–Crippen MR) is 87.8 cm³/mol. The first kappa shape index (κ1) is 15.1. The molecule has 1 saturated carbocycles. The predicted octanol–water partition coefficient (Wildman–Crippen LogP) is 1.98. The van der Waals surface area contributed by atoms with Crippen molar-refractivity contribution >= 4 is 11.7 Å². The number of aryl methyl sites for hydroxylation is 1. The van der Waals surface area contributed by atoms with Gasteiger partial charge in [0.1, 0.15) is 17.9 Å². The highest BCUT2D eigenvalue weighted by Crippen LogP contribution is 2.26. The Kier molecular flexibility index (Phi) is 3.92. The molecule has 1 amide bonds. The van der Waals surface area contributed by atoms with E-state index in [1.807, 2.05) is 4.90 Å². The Morgan fingerprint density at radius 2 is 2.12 bits per heavy atom. The smallest absolute Gasteiger partial charge is 0.276 e. The molecular weight excluding hydrogens is 306 g/mol. The van der Waals surface area contributed by atoms with Gasteiger partial charge < -0.3 is 14.7 Å². The fourth-order valence-electron chi connectivity index (χ4n) is 3.23. The van der Waals surface area contributed by atoms with Crippen LogP contribution in [0.1, 0.15) is 46.8 Å². The lowest BCUT2D eigenvalue weighted by Gasteiger charge is -2.28. The van der Waals surface area contributed by atoms with E-state index in [2.05, 4.69) is 20.4 Å². The fraction of sp³-hybridized carbons (Fsp3) is 0.529. The summed E-state index contributed by atoms with van der Waals surface area (Å²) in [5, 5.41) is 7.37. The first-order valence-corrected chi connectivity index (χ1v) is 8.52. The van der Waals surface area contributed by atoms with Gasteiger partial charge in [-0.3, -0.25) is 4.79 Å². The van der Waals surface area contributed by atoms with E-state index < -0.39 is 0 Å². The van der Waals surface area contributed by atoms with Gasteiger partial charge >= 0.3 is 0 Å². The Bertz CT molecular complexity index is 753. The molecule has 7 nitrogen and oxygen atoms in total. The number of anilines is 1. The zero-order valence-corrected chi connectivity index (χ0v) is 13.8. The highest BCUT2D eigenvalue weighted by molar-refractivity contribution is 5.92. The van der Waals surface area contributed by atoms with Crippen LogP contribution in [0.15, 0.2) is 16.9 Å². The van der Waals surface area contributed by atoms with E-state index in [-0.39, 0.29) is 5.91 Å². The largest absolute Gasteiger partial charge is 0.367 e. The van der Waals surface area contributed by atoms with Crippen LogP contribution in [0.4, 0.5) is 5.82 Å². The molecule has 0 radical (unpaired) electrons. The summed E-state index contributed by atoms with van der Waals surface area (Å²) in [6.45, 7) is 3.07. The number of amides is 1. The molecule has 1 aliphatic carbocycles. The number of carbonyl (C=O) groups is 1. The Balaban J connectivity index is 1.51. The standard InChI is InChI=1S/C17H21N5O2/c1-11-9-15(21-24-11)17(23)22-7-5-13-14(6-8-22)18-10-19-16(13)20-12-3-2-4-12/h9-10,12H,2-8H2,1H3,(H,18,19,20). The minimum absolute atomic E-state index is 0.0823. The van der Waals surface area contributed by atoms with Gasteiger partial charge in [-0.25, -0.2) is 9.97 Å². The summed E-state index contributed by atoms with van der Waals surface area (Å²) < 4.78 is 5.02. The number of hydrogen-bond donors (Lipinski definition) is 1. The summed E-state index contributed by atoms with van der Waals surface area (Å²) in [7, 11) is 0. The molecule has 1 aliphatic heterocycles. The average Bonchev–Trinajstić information content (AvgIpc) is 2.86. The van der Waals surface area contributed by atoms with Gasteiger partial charge in [-0.2, -0.15) is 0 Å². The number of carbonyl (C=O) groups excluding carboxylic acids is 1. The molecular formula is C17H21N5O2. The van der Waals surface area contributed by atoms with Crippen LogP contribution >= 0.6 is 0 Å². The van der Waals surface area contributed by atoms with Crippen LogP contribution in [0.2, 0.25) is 0 Å². The van der Waals surface area contributed by atoms with E-state index in [1.165, 1.54) is 19.3 Å². The third-order valence-corrected chi connectivity index (χ3v) is 4.87. The van der Waals surface area contributed by atoms with Gasteiger partial charge in [0.05, 0.1) is 5.69 Å². The van der Waals surface area contributed by atoms with Crippen molar-refractivity contribution in [2.24, 2.45) is 0 Å². The summed E-state index contributed by atoms with van der Waals surface area (Å²) in [5.74, 6) is 1.51. The quantitative estimate of drug-likeness (QED) is 0.928. The molecule has 0 aromatic carbocycles. The first-order valence-electron chi connectivity index (χ1n) is 8.52. The van der Waals surface area contributed by atoms with Crippen molar-refractivity contribution < 1.29 is 9.32 Å². The Hall–Kier alpha value is -2.44. The lowest BCUT2D eigenvalue weighted by atomic mass is 9.93. The van der Waals surface area contributed by atoms with E-state index in [0.29, 0.717) is 30.6 Å². The van der Waals surface area contributed by atoms with Crippen molar-refractivity contribution in [1.82, 2.24) is 20.0 Å². The monoisotopic (exact) mass is 327 g/mol. The summed E-state index contributed by atoms with van der Waals surface area (Å²) in [6.07, 6.45) is 6.81. The fourth-order valence-corrected chi connectivity index (χ4v) is 3.23. The second-order valence-corrected chi connectivity index (χ2v) is 6.53. The van der Waals surface area contributed by atoms with E-state index >= 15 is 0 Å². The molecule has 2 aromatic heterocycles. The molecule has 0 bridgehead atoms. The third-order valence-electron chi connectivity index (χ3n) is 4.87. The van der Waals surface area contributed by atoms with Crippen LogP contribution in [0.5, 0.6) is 0 Å². The summed E-state index contributed by atoms with van der Waals surface area (Å²) in [5.41, 5.74) is 2.56. The average molecular weight is 327 g/mol. The van der Waals surface area contributed by atoms with Crippen LogP contribution < -0.4 is 5.32 Å². The summed E-state index contributed by atoms with van der Waals surface area (Å²) >= 11 is 0. The maximum absolute atomic E-state index is 12.6. The molecule has 0 spiro atoms.